The molecule has 6 nitrogen and oxygen atoms in total. The van der Waals surface area contributed by atoms with E-state index >= 15 is 0 Å². The minimum atomic E-state index is -0.609. The number of aryl methyl sites for hydroxylation is 1. The topological polar surface area (TPSA) is 85.6 Å². The first-order valence-corrected chi connectivity index (χ1v) is 8.81. The average molecular weight is 377 g/mol. The molecule has 3 aromatic rings. The Balaban J connectivity index is 1.54. The van der Waals surface area contributed by atoms with Crippen molar-refractivity contribution in [1.29, 1.82) is 0 Å². The Hall–Kier alpha value is -3.67. The van der Waals surface area contributed by atoms with Gasteiger partial charge in [0.2, 0.25) is 0 Å². The summed E-state index contributed by atoms with van der Waals surface area (Å²) in [4.78, 5) is 36.2. The fourth-order valence-corrected chi connectivity index (χ4v) is 2.51. The second-order valence-corrected chi connectivity index (χ2v) is 6.06. The maximum Gasteiger partial charge on any atom is 0.338 e. The number of Topliss-reactive ketones (excluding diaryl/α,β-unsaturated/α-hetero) is 1. The molecule has 2 aromatic carbocycles. The predicted octanol–water partition coefficient (Wildman–Crippen LogP) is 4.13. The minimum Gasteiger partial charge on any atom is -0.459 e. The van der Waals surface area contributed by atoms with E-state index in [1.165, 1.54) is 18.4 Å². The first kappa shape index (κ1) is 19.1. The number of hydrogen-bond acceptors (Lipinski definition) is 5. The van der Waals surface area contributed by atoms with Gasteiger partial charge in [-0.15, -0.1) is 0 Å². The molecule has 0 spiro atoms. The quantitative estimate of drug-likeness (QED) is 0.494. The molecule has 0 radical (unpaired) electrons. The molecule has 28 heavy (non-hydrogen) atoms. The smallest absolute Gasteiger partial charge is 0.338 e. The summed E-state index contributed by atoms with van der Waals surface area (Å²) in [6.07, 6.45) is 2.30. The van der Waals surface area contributed by atoms with E-state index in [-0.39, 0.29) is 29.6 Å². The van der Waals surface area contributed by atoms with Gasteiger partial charge in [-0.05, 0) is 48.4 Å². The first-order chi connectivity index (χ1) is 13.6. The van der Waals surface area contributed by atoms with Crippen LogP contribution in [0.2, 0.25) is 0 Å². The van der Waals surface area contributed by atoms with Gasteiger partial charge in [0.1, 0.15) is 0 Å². The number of furan rings is 1. The standard InChI is InChI=1S/C22H19NO5/c1-2-15-5-7-16(8-6-15)19(24)14-28-22(26)17-9-11-18(12-10-17)23-21(25)20-4-3-13-27-20/h3-13H,2,14H2,1H3,(H,23,25). The van der Waals surface area contributed by atoms with Crippen molar-refractivity contribution in [3.8, 4) is 0 Å². The lowest BCUT2D eigenvalue weighted by Gasteiger charge is -2.07. The summed E-state index contributed by atoms with van der Waals surface area (Å²) in [6, 6.07) is 16.6. The fraction of sp³-hybridized carbons (Fsp3) is 0.136. The fourth-order valence-electron chi connectivity index (χ4n) is 2.51. The van der Waals surface area contributed by atoms with Gasteiger partial charge in [-0.2, -0.15) is 0 Å². The maximum atomic E-state index is 12.1. The van der Waals surface area contributed by atoms with Gasteiger partial charge in [-0.3, -0.25) is 9.59 Å². The summed E-state index contributed by atoms with van der Waals surface area (Å²) in [6.45, 7) is 1.70. The maximum absolute atomic E-state index is 12.1. The van der Waals surface area contributed by atoms with Crippen LogP contribution in [0.1, 0.15) is 43.8 Å². The Bertz CT molecular complexity index is 957. The van der Waals surface area contributed by atoms with E-state index in [2.05, 4.69) is 5.32 Å². The molecule has 0 fully saturated rings. The van der Waals surface area contributed by atoms with Gasteiger partial charge in [0.05, 0.1) is 11.8 Å². The van der Waals surface area contributed by atoms with Crippen molar-refractivity contribution in [2.45, 2.75) is 13.3 Å². The number of ether oxygens (including phenoxy) is 1. The minimum absolute atomic E-state index is 0.189. The Labute approximate surface area is 162 Å². The number of anilines is 1. The molecule has 0 saturated heterocycles. The highest BCUT2D eigenvalue weighted by atomic mass is 16.5. The van der Waals surface area contributed by atoms with Crippen molar-refractivity contribution in [3.63, 3.8) is 0 Å². The van der Waals surface area contributed by atoms with Crippen molar-refractivity contribution in [3.05, 3.63) is 89.4 Å². The van der Waals surface area contributed by atoms with E-state index in [1.807, 2.05) is 19.1 Å². The lowest BCUT2D eigenvalue weighted by Crippen LogP contribution is -2.14. The summed E-state index contributed by atoms with van der Waals surface area (Å²) < 4.78 is 10.1. The van der Waals surface area contributed by atoms with Gasteiger partial charge >= 0.3 is 5.97 Å². The highest BCUT2D eigenvalue weighted by Crippen LogP contribution is 2.13. The first-order valence-electron chi connectivity index (χ1n) is 8.81. The number of ketones is 1. The highest BCUT2D eigenvalue weighted by Gasteiger charge is 2.13. The van der Waals surface area contributed by atoms with Gasteiger partial charge in [-0.25, -0.2) is 4.79 Å². The number of esters is 1. The van der Waals surface area contributed by atoms with Crippen LogP contribution < -0.4 is 5.32 Å². The molecule has 0 bridgehead atoms. The third kappa shape index (κ3) is 4.73. The Morgan fingerprint density at radius 2 is 1.61 bits per heavy atom. The summed E-state index contributed by atoms with van der Waals surface area (Å²) in [5.41, 5.74) is 2.42. The molecular formula is C22H19NO5. The average Bonchev–Trinajstić information content (AvgIpc) is 3.27. The molecule has 0 unspecified atom stereocenters. The number of carbonyl (C=O) groups is 3. The Morgan fingerprint density at radius 1 is 0.929 bits per heavy atom. The third-order valence-corrected chi connectivity index (χ3v) is 4.14. The van der Waals surface area contributed by atoms with Crippen molar-refractivity contribution >= 4 is 23.3 Å². The van der Waals surface area contributed by atoms with Gasteiger partial charge in [0.15, 0.2) is 18.2 Å². The molecule has 0 saturated carbocycles. The zero-order valence-corrected chi connectivity index (χ0v) is 15.3. The molecule has 0 atom stereocenters. The second kappa shape index (κ2) is 8.81. The molecule has 1 N–H and O–H groups in total. The number of nitrogens with one attached hydrogen (secondary N) is 1. The van der Waals surface area contributed by atoms with Crippen LogP contribution in [0.25, 0.3) is 0 Å². The normalized spacial score (nSPS) is 10.3. The highest BCUT2D eigenvalue weighted by molar-refractivity contribution is 6.02. The SMILES string of the molecule is CCc1ccc(C(=O)COC(=O)c2ccc(NC(=O)c3ccco3)cc2)cc1. The second-order valence-electron chi connectivity index (χ2n) is 6.06. The van der Waals surface area contributed by atoms with Crippen LogP contribution in [0.15, 0.2) is 71.3 Å². The van der Waals surface area contributed by atoms with Crippen LogP contribution in [0.3, 0.4) is 0 Å². The number of benzene rings is 2. The molecule has 1 heterocycles. The Morgan fingerprint density at radius 3 is 2.21 bits per heavy atom. The molecule has 3 rings (SSSR count). The Kier molecular flexibility index (Phi) is 6.01. The molecule has 1 aromatic heterocycles. The van der Waals surface area contributed by atoms with E-state index in [1.54, 1.807) is 36.4 Å². The van der Waals surface area contributed by atoms with Gasteiger partial charge in [0.25, 0.3) is 5.91 Å². The van der Waals surface area contributed by atoms with Crippen LogP contribution in [-0.4, -0.2) is 24.3 Å². The largest absolute Gasteiger partial charge is 0.459 e. The molecule has 0 aliphatic rings. The molecule has 0 aliphatic carbocycles. The van der Waals surface area contributed by atoms with Crippen LogP contribution in [0.5, 0.6) is 0 Å². The third-order valence-electron chi connectivity index (χ3n) is 4.14. The molecule has 1 amide bonds. The molecule has 142 valence electrons. The van der Waals surface area contributed by atoms with Crippen LogP contribution in [-0.2, 0) is 11.2 Å². The van der Waals surface area contributed by atoms with Crippen LogP contribution >= 0.6 is 0 Å². The zero-order valence-electron chi connectivity index (χ0n) is 15.3. The number of hydrogen-bond donors (Lipinski definition) is 1. The number of carbonyl (C=O) groups excluding carboxylic acids is 3. The van der Waals surface area contributed by atoms with E-state index in [9.17, 15) is 14.4 Å². The monoisotopic (exact) mass is 377 g/mol. The van der Waals surface area contributed by atoms with Gasteiger partial charge in [-0.1, -0.05) is 31.2 Å². The summed E-state index contributed by atoms with van der Waals surface area (Å²) >= 11 is 0. The molecular weight excluding hydrogens is 358 g/mol. The van der Waals surface area contributed by atoms with E-state index in [0.29, 0.717) is 11.3 Å². The lowest BCUT2D eigenvalue weighted by molar-refractivity contribution is 0.0475. The van der Waals surface area contributed by atoms with Crippen molar-refractivity contribution in [1.82, 2.24) is 0 Å². The number of amides is 1. The summed E-state index contributed by atoms with van der Waals surface area (Å²) in [7, 11) is 0. The van der Waals surface area contributed by atoms with E-state index in [4.69, 9.17) is 9.15 Å². The lowest BCUT2D eigenvalue weighted by atomic mass is 10.1. The predicted molar refractivity (Wildman–Crippen MR) is 104 cm³/mol. The van der Waals surface area contributed by atoms with Gasteiger partial charge in [0, 0.05) is 11.3 Å². The van der Waals surface area contributed by atoms with Crippen molar-refractivity contribution in [2.24, 2.45) is 0 Å². The number of rotatable bonds is 7. The molecule has 6 heteroatoms. The van der Waals surface area contributed by atoms with Crippen LogP contribution in [0.4, 0.5) is 5.69 Å². The van der Waals surface area contributed by atoms with E-state index < -0.39 is 5.97 Å². The van der Waals surface area contributed by atoms with Crippen molar-refractivity contribution in [2.75, 3.05) is 11.9 Å². The summed E-state index contributed by atoms with van der Waals surface area (Å²) in [5, 5.41) is 2.65. The van der Waals surface area contributed by atoms with Crippen LogP contribution in [0, 0.1) is 0 Å². The zero-order chi connectivity index (χ0) is 19.9. The van der Waals surface area contributed by atoms with E-state index in [0.717, 1.165) is 12.0 Å². The molecule has 0 aliphatic heterocycles. The van der Waals surface area contributed by atoms with Gasteiger partial charge < -0.3 is 14.5 Å². The van der Waals surface area contributed by atoms with Crippen molar-refractivity contribution < 1.29 is 23.5 Å². The summed E-state index contributed by atoms with van der Waals surface area (Å²) in [5.74, 6) is -1.07.